The molecule has 0 spiro atoms. The van der Waals surface area contributed by atoms with E-state index in [4.69, 9.17) is 0 Å². The van der Waals surface area contributed by atoms with Crippen LogP contribution in [-0.2, 0) is 0 Å². The predicted molar refractivity (Wildman–Crippen MR) is 99.1 cm³/mol. The van der Waals surface area contributed by atoms with Gasteiger partial charge in [0.1, 0.15) is 11.4 Å². The van der Waals surface area contributed by atoms with Crippen molar-refractivity contribution >= 4 is 17.2 Å². The smallest absolute Gasteiger partial charge is 0.273 e. The number of hydrogen-bond donors (Lipinski definition) is 1. The van der Waals surface area contributed by atoms with Crippen molar-refractivity contribution in [2.24, 2.45) is 0 Å². The van der Waals surface area contributed by atoms with Crippen molar-refractivity contribution in [2.45, 2.75) is 18.8 Å². The summed E-state index contributed by atoms with van der Waals surface area (Å²) in [6, 6.07) is 9.11. The van der Waals surface area contributed by atoms with Crippen molar-refractivity contribution in [1.29, 1.82) is 0 Å². The summed E-state index contributed by atoms with van der Waals surface area (Å²) < 4.78 is 0. The molecule has 3 aromatic rings. The molecule has 7 heteroatoms. The lowest BCUT2D eigenvalue weighted by atomic mass is 9.89. The second-order valence-corrected chi connectivity index (χ2v) is 7.13. The molecule has 1 aliphatic heterocycles. The van der Waals surface area contributed by atoms with Crippen LogP contribution >= 0.6 is 11.3 Å². The van der Waals surface area contributed by atoms with E-state index in [1.54, 1.807) is 36.0 Å². The summed E-state index contributed by atoms with van der Waals surface area (Å²) >= 11 is 1.39. The maximum absolute atomic E-state index is 12.7. The fourth-order valence-electron chi connectivity index (χ4n) is 3.21. The van der Waals surface area contributed by atoms with Gasteiger partial charge in [0, 0.05) is 30.9 Å². The molecule has 2 aromatic heterocycles. The number of carbonyl (C=O) groups excluding carboxylic acids is 1. The molecule has 1 aliphatic rings. The van der Waals surface area contributed by atoms with Crippen LogP contribution in [0, 0.1) is 0 Å². The molecule has 1 N–H and O–H groups in total. The molecule has 1 fully saturated rings. The van der Waals surface area contributed by atoms with Crippen LogP contribution < -0.4 is 0 Å². The number of phenols is 1. The minimum Gasteiger partial charge on any atom is -0.508 e. The van der Waals surface area contributed by atoms with E-state index in [1.807, 2.05) is 17.0 Å². The van der Waals surface area contributed by atoms with Crippen LogP contribution in [0.15, 0.2) is 48.1 Å². The molecule has 1 amide bonds. The first kappa shape index (κ1) is 16.7. The van der Waals surface area contributed by atoms with E-state index < -0.39 is 0 Å². The fourth-order valence-corrected chi connectivity index (χ4v) is 3.95. The van der Waals surface area contributed by atoms with Crippen molar-refractivity contribution in [3.8, 4) is 16.6 Å². The topological polar surface area (TPSA) is 79.2 Å². The second kappa shape index (κ2) is 7.21. The largest absolute Gasteiger partial charge is 0.508 e. The van der Waals surface area contributed by atoms with Crippen LogP contribution in [0.25, 0.3) is 10.8 Å². The van der Waals surface area contributed by atoms with Gasteiger partial charge in [-0.1, -0.05) is 12.1 Å². The molecule has 1 saturated heterocycles. The highest BCUT2D eigenvalue weighted by Gasteiger charge is 2.26. The van der Waals surface area contributed by atoms with Crippen molar-refractivity contribution in [3.63, 3.8) is 0 Å². The number of benzene rings is 1. The number of likely N-dealkylation sites (tertiary alicyclic amines) is 1. The Balaban J connectivity index is 1.41. The number of phenolic OH excluding ortho intramolecular Hbond substituents is 1. The standard InChI is InChI=1S/C19H18N4O2S/c24-15-4-2-13(3-5-15)14-6-10-23(11-7-14)19(25)16-12-26-18(22-16)17-20-8-1-9-21-17/h1-5,8-9,12,14,24H,6-7,10-11H2. The Hall–Kier alpha value is -2.80. The maximum atomic E-state index is 12.7. The first-order valence-electron chi connectivity index (χ1n) is 8.52. The van der Waals surface area contributed by atoms with Crippen LogP contribution in [-0.4, -0.2) is 44.0 Å². The molecule has 26 heavy (non-hydrogen) atoms. The van der Waals surface area contributed by atoms with E-state index in [0.29, 0.717) is 35.5 Å². The minimum atomic E-state index is -0.0346. The first-order valence-corrected chi connectivity index (χ1v) is 9.40. The van der Waals surface area contributed by atoms with Gasteiger partial charge in [-0.3, -0.25) is 4.79 Å². The van der Waals surface area contributed by atoms with Crippen LogP contribution in [0.1, 0.15) is 34.8 Å². The normalized spacial score (nSPS) is 15.2. The van der Waals surface area contributed by atoms with E-state index in [9.17, 15) is 9.90 Å². The number of carbonyl (C=O) groups is 1. The zero-order valence-electron chi connectivity index (χ0n) is 14.1. The number of rotatable bonds is 3. The van der Waals surface area contributed by atoms with Crippen molar-refractivity contribution in [2.75, 3.05) is 13.1 Å². The predicted octanol–water partition coefficient (Wildman–Crippen LogP) is 3.33. The monoisotopic (exact) mass is 366 g/mol. The van der Waals surface area contributed by atoms with E-state index in [-0.39, 0.29) is 11.7 Å². The summed E-state index contributed by atoms with van der Waals surface area (Å²) in [6.45, 7) is 1.41. The van der Waals surface area contributed by atoms with Gasteiger partial charge in [-0.05, 0) is 42.5 Å². The lowest BCUT2D eigenvalue weighted by Crippen LogP contribution is -2.38. The second-order valence-electron chi connectivity index (χ2n) is 6.27. The summed E-state index contributed by atoms with van der Waals surface area (Å²) in [5.41, 5.74) is 1.67. The summed E-state index contributed by atoms with van der Waals surface area (Å²) in [5, 5.41) is 11.9. The molecule has 0 unspecified atom stereocenters. The highest BCUT2D eigenvalue weighted by molar-refractivity contribution is 7.13. The van der Waals surface area contributed by atoms with Gasteiger partial charge in [0.05, 0.1) is 0 Å². The molecule has 0 bridgehead atoms. The Morgan fingerprint density at radius 2 is 1.81 bits per heavy atom. The highest BCUT2D eigenvalue weighted by atomic mass is 32.1. The lowest BCUT2D eigenvalue weighted by Gasteiger charge is -2.31. The molecule has 4 rings (SSSR count). The summed E-state index contributed by atoms with van der Waals surface area (Å²) in [5.74, 6) is 1.21. The summed E-state index contributed by atoms with van der Waals surface area (Å²) in [4.78, 5) is 27.4. The third-order valence-corrected chi connectivity index (χ3v) is 5.47. The zero-order valence-corrected chi connectivity index (χ0v) is 14.9. The van der Waals surface area contributed by atoms with Crippen LogP contribution in [0.3, 0.4) is 0 Å². The van der Waals surface area contributed by atoms with Gasteiger partial charge < -0.3 is 10.0 Å². The number of aromatic nitrogens is 3. The van der Waals surface area contributed by atoms with Gasteiger partial charge in [0.2, 0.25) is 0 Å². The lowest BCUT2D eigenvalue weighted by molar-refractivity contribution is 0.0708. The van der Waals surface area contributed by atoms with E-state index >= 15 is 0 Å². The van der Waals surface area contributed by atoms with Gasteiger partial charge in [-0.2, -0.15) is 0 Å². The molecule has 0 atom stereocenters. The Bertz CT molecular complexity index is 887. The quantitative estimate of drug-likeness (QED) is 0.769. The number of piperidine rings is 1. The number of amides is 1. The number of aromatic hydroxyl groups is 1. The number of thiazole rings is 1. The Kier molecular flexibility index (Phi) is 4.62. The molecule has 6 nitrogen and oxygen atoms in total. The van der Waals surface area contributed by atoms with E-state index in [1.165, 1.54) is 16.9 Å². The van der Waals surface area contributed by atoms with Gasteiger partial charge >= 0.3 is 0 Å². The van der Waals surface area contributed by atoms with Crippen LogP contribution in [0.5, 0.6) is 5.75 Å². The average molecular weight is 366 g/mol. The molecule has 3 heterocycles. The number of hydrogen-bond acceptors (Lipinski definition) is 6. The molecular formula is C19H18N4O2S. The zero-order chi connectivity index (χ0) is 17.9. The highest BCUT2D eigenvalue weighted by Crippen LogP contribution is 2.30. The molecule has 0 saturated carbocycles. The third kappa shape index (κ3) is 3.43. The SMILES string of the molecule is O=C(c1csc(-c2ncccn2)n1)N1CCC(c2ccc(O)cc2)CC1. The molecule has 132 valence electrons. The van der Waals surface area contributed by atoms with E-state index in [2.05, 4.69) is 15.0 Å². The van der Waals surface area contributed by atoms with Crippen molar-refractivity contribution < 1.29 is 9.90 Å². The minimum absolute atomic E-state index is 0.0346. The van der Waals surface area contributed by atoms with E-state index in [0.717, 1.165) is 12.8 Å². The summed E-state index contributed by atoms with van der Waals surface area (Å²) in [6.07, 6.45) is 5.16. The van der Waals surface area contributed by atoms with Crippen LogP contribution in [0.4, 0.5) is 0 Å². The Morgan fingerprint density at radius 1 is 1.12 bits per heavy atom. The molecule has 1 aromatic carbocycles. The molecular weight excluding hydrogens is 348 g/mol. The molecule has 0 aliphatic carbocycles. The van der Waals surface area contributed by atoms with Gasteiger partial charge in [0.15, 0.2) is 10.8 Å². The Labute approximate surface area is 155 Å². The third-order valence-electron chi connectivity index (χ3n) is 4.63. The van der Waals surface area contributed by atoms with Gasteiger partial charge in [-0.25, -0.2) is 15.0 Å². The fraction of sp³-hybridized carbons (Fsp3) is 0.263. The molecule has 0 radical (unpaired) electrons. The number of nitrogens with zero attached hydrogens (tertiary/aromatic N) is 4. The Morgan fingerprint density at radius 3 is 2.50 bits per heavy atom. The van der Waals surface area contributed by atoms with Gasteiger partial charge in [0.25, 0.3) is 5.91 Å². The average Bonchev–Trinajstić information content (AvgIpc) is 3.19. The van der Waals surface area contributed by atoms with Crippen LogP contribution in [0.2, 0.25) is 0 Å². The first-order chi connectivity index (χ1) is 12.7. The van der Waals surface area contributed by atoms with Crippen molar-refractivity contribution in [3.05, 3.63) is 59.4 Å². The van der Waals surface area contributed by atoms with Crippen molar-refractivity contribution in [1.82, 2.24) is 19.9 Å². The summed E-state index contributed by atoms with van der Waals surface area (Å²) in [7, 11) is 0. The maximum Gasteiger partial charge on any atom is 0.273 e. The van der Waals surface area contributed by atoms with Gasteiger partial charge in [-0.15, -0.1) is 11.3 Å².